The number of halogens is 3. The van der Waals surface area contributed by atoms with Gasteiger partial charge in [-0.15, -0.1) is 12.6 Å². The van der Waals surface area contributed by atoms with Crippen LogP contribution >= 0.6 is 12.6 Å². The van der Waals surface area contributed by atoms with Crippen molar-refractivity contribution in [1.29, 1.82) is 0 Å². The largest absolute Gasteiger partial charge is 0.421 e. The molecule has 2 aliphatic rings. The molecule has 0 saturated carbocycles. The Bertz CT molecular complexity index is 1210. The lowest BCUT2D eigenvalue weighted by atomic mass is 9.95. The van der Waals surface area contributed by atoms with Crippen LogP contribution in [0.15, 0.2) is 58.3 Å². The molecule has 3 atom stereocenters. The minimum Gasteiger partial charge on any atom is -0.394 e. The van der Waals surface area contributed by atoms with E-state index in [1.807, 2.05) is 4.90 Å². The first-order valence-corrected chi connectivity index (χ1v) is 14.1. The van der Waals surface area contributed by atoms with Gasteiger partial charge in [0.05, 0.1) is 30.3 Å². The van der Waals surface area contributed by atoms with Gasteiger partial charge in [0.2, 0.25) is 10.0 Å². The Morgan fingerprint density at radius 1 is 1.05 bits per heavy atom. The fourth-order valence-corrected chi connectivity index (χ4v) is 6.91. The molecule has 2 aromatic carbocycles. The van der Waals surface area contributed by atoms with Gasteiger partial charge in [-0.2, -0.15) is 17.5 Å². The lowest BCUT2D eigenvalue weighted by Crippen LogP contribution is -2.59. The van der Waals surface area contributed by atoms with Crippen molar-refractivity contribution in [2.45, 2.75) is 40.6 Å². The zero-order valence-electron chi connectivity index (χ0n) is 20.9. The molecule has 2 aliphatic heterocycles. The number of ether oxygens (including phenoxy) is 1. The molecule has 0 unspecified atom stereocenters. The molecule has 2 saturated heterocycles. The van der Waals surface area contributed by atoms with Gasteiger partial charge in [-0.05, 0) is 36.8 Å². The molecule has 0 aromatic heterocycles. The van der Waals surface area contributed by atoms with Crippen LogP contribution in [0.1, 0.15) is 12.5 Å². The van der Waals surface area contributed by atoms with Gasteiger partial charge in [0.1, 0.15) is 0 Å². The number of aliphatic hydroxyl groups excluding tert-OH is 1. The van der Waals surface area contributed by atoms with Crippen molar-refractivity contribution < 1.29 is 36.5 Å². The number of alkyl halides is 3. The van der Waals surface area contributed by atoms with E-state index in [2.05, 4.69) is 17.5 Å². The van der Waals surface area contributed by atoms with Crippen molar-refractivity contribution in [1.82, 2.24) is 9.21 Å². The number of benzene rings is 2. The van der Waals surface area contributed by atoms with Crippen molar-refractivity contribution in [3.8, 4) is 0 Å². The van der Waals surface area contributed by atoms with Gasteiger partial charge in [0.15, 0.2) is 5.60 Å². The molecule has 4 rings (SSSR count). The Hall–Kier alpha value is -1.87. The fourth-order valence-electron chi connectivity index (χ4n) is 4.85. The van der Waals surface area contributed by atoms with E-state index in [0.29, 0.717) is 50.3 Å². The number of anilines is 1. The second kappa shape index (κ2) is 11.3. The number of nitrogens with zero attached hydrogens (tertiary/aromatic N) is 3. The van der Waals surface area contributed by atoms with Crippen molar-refractivity contribution in [3.63, 3.8) is 0 Å². The average Bonchev–Trinajstić information content (AvgIpc) is 2.88. The molecule has 210 valence electrons. The number of morpholine rings is 1. The van der Waals surface area contributed by atoms with Crippen LogP contribution in [0.4, 0.5) is 18.9 Å². The molecular weight excluding hydrogens is 543 g/mol. The van der Waals surface area contributed by atoms with Gasteiger partial charge in [-0.25, -0.2) is 8.42 Å². The Kier molecular flexibility index (Phi) is 8.67. The number of piperazine rings is 1. The topological polar surface area (TPSA) is 93.6 Å². The smallest absolute Gasteiger partial charge is 0.394 e. The Morgan fingerprint density at radius 3 is 2.37 bits per heavy atom. The highest BCUT2D eigenvalue weighted by molar-refractivity contribution is 7.90. The molecule has 0 spiro atoms. The van der Waals surface area contributed by atoms with E-state index in [9.17, 15) is 31.8 Å². The van der Waals surface area contributed by atoms with Crippen LogP contribution in [0, 0.1) is 0 Å². The second-order valence-electron chi connectivity index (χ2n) is 9.73. The van der Waals surface area contributed by atoms with Crippen LogP contribution in [0.3, 0.4) is 0 Å². The fraction of sp³-hybridized carbons (Fsp3) is 0.520. The minimum absolute atomic E-state index is 0.112. The van der Waals surface area contributed by atoms with Crippen LogP contribution in [0.5, 0.6) is 0 Å². The molecule has 2 aromatic rings. The molecule has 0 bridgehead atoms. The summed E-state index contributed by atoms with van der Waals surface area (Å²) in [6, 6.07) is 11.7. The molecule has 0 radical (unpaired) electrons. The molecular formula is C25H32F3N3O5S2. The van der Waals surface area contributed by atoms with E-state index < -0.39 is 21.8 Å². The standard InChI is InChI=1S/C25H32F3N3O5S2/c1-24(33,25(26,27)28)18-6-8-19(9-7-18)31-11-10-30(38(34,35)23-5-3-2-4-22(23)37)15-20(31)14-29-12-13-36-21(16-29)17-32/h2-9,20-21,32-33,37H,10-17H2,1H3/t20-,21-,24+/m0/s1. The number of aliphatic hydroxyl groups is 2. The number of thiol groups is 1. The number of sulfonamides is 1. The maximum atomic E-state index is 13.5. The maximum Gasteiger partial charge on any atom is 0.421 e. The summed E-state index contributed by atoms with van der Waals surface area (Å²) < 4.78 is 73.9. The molecule has 38 heavy (non-hydrogen) atoms. The molecule has 8 nitrogen and oxygen atoms in total. The van der Waals surface area contributed by atoms with E-state index in [4.69, 9.17) is 4.74 Å². The number of hydrogen-bond donors (Lipinski definition) is 3. The summed E-state index contributed by atoms with van der Waals surface area (Å²) >= 11 is 4.33. The molecule has 2 N–H and O–H groups in total. The van der Waals surface area contributed by atoms with E-state index in [1.54, 1.807) is 18.2 Å². The zero-order chi connectivity index (χ0) is 27.7. The molecule has 0 aliphatic carbocycles. The van der Waals surface area contributed by atoms with Gasteiger partial charge in [-0.1, -0.05) is 24.3 Å². The predicted molar refractivity (Wildman–Crippen MR) is 139 cm³/mol. The van der Waals surface area contributed by atoms with Crippen molar-refractivity contribution in [3.05, 3.63) is 54.1 Å². The van der Waals surface area contributed by atoms with Gasteiger partial charge >= 0.3 is 6.18 Å². The first kappa shape index (κ1) is 29.1. The highest BCUT2D eigenvalue weighted by Crippen LogP contribution is 2.39. The third kappa shape index (κ3) is 5.98. The summed E-state index contributed by atoms with van der Waals surface area (Å²) in [7, 11) is -3.84. The summed E-state index contributed by atoms with van der Waals surface area (Å²) in [6.07, 6.45) is -5.18. The third-order valence-electron chi connectivity index (χ3n) is 7.14. The third-order valence-corrected chi connectivity index (χ3v) is 9.60. The predicted octanol–water partition coefficient (Wildman–Crippen LogP) is 2.32. The Labute approximate surface area is 226 Å². The van der Waals surface area contributed by atoms with Crippen molar-refractivity contribution in [2.24, 2.45) is 0 Å². The van der Waals surface area contributed by atoms with Gasteiger partial charge in [0.25, 0.3) is 0 Å². The number of hydrogen-bond acceptors (Lipinski definition) is 8. The van der Waals surface area contributed by atoms with Gasteiger partial charge in [0, 0.05) is 49.9 Å². The van der Waals surface area contributed by atoms with Gasteiger partial charge in [-0.3, -0.25) is 4.90 Å². The zero-order valence-corrected chi connectivity index (χ0v) is 22.6. The van der Waals surface area contributed by atoms with E-state index in [1.165, 1.54) is 34.6 Å². The lowest BCUT2D eigenvalue weighted by molar-refractivity contribution is -0.258. The second-order valence-corrected chi connectivity index (χ2v) is 12.1. The summed E-state index contributed by atoms with van der Waals surface area (Å²) in [5.41, 5.74) is -2.66. The van der Waals surface area contributed by atoms with E-state index >= 15 is 0 Å². The number of rotatable bonds is 7. The molecule has 0 amide bonds. The van der Waals surface area contributed by atoms with Crippen LogP contribution in [-0.4, -0.2) is 98.6 Å². The molecule has 2 heterocycles. The average molecular weight is 576 g/mol. The van der Waals surface area contributed by atoms with E-state index in [-0.39, 0.29) is 42.3 Å². The highest BCUT2D eigenvalue weighted by atomic mass is 32.2. The summed E-state index contributed by atoms with van der Waals surface area (Å²) in [5, 5.41) is 19.6. The lowest BCUT2D eigenvalue weighted by Gasteiger charge is -2.45. The first-order chi connectivity index (χ1) is 17.8. The van der Waals surface area contributed by atoms with Crippen molar-refractivity contribution >= 4 is 28.3 Å². The first-order valence-electron chi connectivity index (χ1n) is 12.2. The van der Waals surface area contributed by atoms with E-state index in [0.717, 1.165) is 0 Å². The Balaban J connectivity index is 1.61. The monoisotopic (exact) mass is 575 g/mol. The summed E-state index contributed by atoms with van der Waals surface area (Å²) in [4.78, 5) is 4.53. The quantitative estimate of drug-likeness (QED) is 0.437. The normalized spacial score (nSPS) is 23.8. The summed E-state index contributed by atoms with van der Waals surface area (Å²) in [6.45, 7) is 3.15. The maximum absolute atomic E-state index is 13.5. The molecule has 2 fully saturated rings. The SMILES string of the molecule is C[C@@](O)(c1ccc(N2CCN(S(=O)(=O)c3ccccc3S)C[C@@H]2CN2CCO[C@H](CO)C2)cc1)C(F)(F)F. The summed E-state index contributed by atoms with van der Waals surface area (Å²) in [5.74, 6) is 0. The highest BCUT2D eigenvalue weighted by Gasteiger charge is 2.51. The van der Waals surface area contributed by atoms with Crippen LogP contribution < -0.4 is 4.90 Å². The van der Waals surface area contributed by atoms with Crippen LogP contribution in [0.25, 0.3) is 0 Å². The van der Waals surface area contributed by atoms with Crippen LogP contribution in [-0.2, 0) is 20.4 Å². The minimum atomic E-state index is -4.83. The molecule has 13 heteroatoms. The van der Waals surface area contributed by atoms with Crippen LogP contribution in [0.2, 0.25) is 0 Å². The van der Waals surface area contributed by atoms with Crippen molar-refractivity contribution in [2.75, 3.05) is 57.4 Å². The Morgan fingerprint density at radius 2 is 1.74 bits per heavy atom. The van der Waals surface area contributed by atoms with Gasteiger partial charge < -0.3 is 19.8 Å².